The maximum Gasteiger partial charge on any atom is 0.254 e. The number of pyridine rings is 1. The van der Waals surface area contributed by atoms with Gasteiger partial charge in [-0.15, -0.1) is 0 Å². The van der Waals surface area contributed by atoms with Gasteiger partial charge in [0.15, 0.2) is 0 Å². The van der Waals surface area contributed by atoms with Gasteiger partial charge in [-0.05, 0) is 31.5 Å². The highest BCUT2D eigenvalue weighted by Gasteiger charge is 2.27. The molecule has 0 aliphatic heterocycles. The highest BCUT2D eigenvalue weighted by molar-refractivity contribution is 6.32. The van der Waals surface area contributed by atoms with Crippen LogP contribution in [0.25, 0.3) is 0 Å². The number of aromatic nitrogens is 1. The van der Waals surface area contributed by atoms with E-state index in [9.17, 15) is 4.79 Å². The molecule has 1 aliphatic carbocycles. The Labute approximate surface area is 112 Å². The number of carbonyl (C=O) groups excluding carboxylic acids is 1. The van der Waals surface area contributed by atoms with Crippen LogP contribution in [0.3, 0.4) is 0 Å². The molecule has 98 valence electrons. The monoisotopic (exact) mass is 267 g/mol. The fraction of sp³-hybridized carbons (Fsp3) is 0.538. The average molecular weight is 268 g/mol. The lowest BCUT2D eigenvalue weighted by Crippen LogP contribution is -2.36. The minimum absolute atomic E-state index is 0.153. The van der Waals surface area contributed by atoms with E-state index in [0.717, 1.165) is 19.1 Å². The van der Waals surface area contributed by atoms with Crippen molar-refractivity contribution in [3.8, 4) is 0 Å². The first-order valence-electron chi connectivity index (χ1n) is 6.35. The summed E-state index contributed by atoms with van der Waals surface area (Å²) in [7, 11) is 0. The number of likely N-dealkylation sites (N-methyl/N-ethyl adjacent to an activating group) is 1. The highest BCUT2D eigenvalue weighted by atomic mass is 35.5. The van der Waals surface area contributed by atoms with E-state index in [1.54, 1.807) is 18.3 Å². The van der Waals surface area contributed by atoms with Crippen LogP contribution in [0.15, 0.2) is 18.3 Å². The summed E-state index contributed by atoms with van der Waals surface area (Å²) in [5, 5.41) is 3.14. The molecule has 0 saturated heterocycles. The molecule has 0 unspecified atom stereocenters. The molecular formula is C13H18ClN3O. The van der Waals surface area contributed by atoms with Crippen LogP contribution in [0.4, 0.5) is 0 Å². The maximum atomic E-state index is 11.9. The largest absolute Gasteiger partial charge is 0.351 e. The number of rotatable bonds is 6. The van der Waals surface area contributed by atoms with E-state index in [0.29, 0.717) is 12.1 Å². The molecule has 0 atom stereocenters. The van der Waals surface area contributed by atoms with Crippen molar-refractivity contribution in [2.24, 2.45) is 0 Å². The molecule has 1 aromatic heterocycles. The Balaban J connectivity index is 1.79. The predicted molar refractivity (Wildman–Crippen MR) is 71.8 cm³/mol. The van der Waals surface area contributed by atoms with Gasteiger partial charge < -0.3 is 5.32 Å². The van der Waals surface area contributed by atoms with E-state index in [1.165, 1.54) is 12.8 Å². The van der Waals surface area contributed by atoms with E-state index in [1.807, 2.05) is 0 Å². The Morgan fingerprint density at radius 3 is 3.00 bits per heavy atom. The van der Waals surface area contributed by atoms with E-state index in [-0.39, 0.29) is 11.1 Å². The molecule has 0 bridgehead atoms. The zero-order chi connectivity index (χ0) is 13.0. The summed E-state index contributed by atoms with van der Waals surface area (Å²) in [5.41, 5.74) is 0.439. The Bertz CT molecular complexity index is 420. The van der Waals surface area contributed by atoms with Crippen LogP contribution < -0.4 is 5.32 Å². The standard InChI is InChI=1S/C13H18ClN3O/c1-2-17(10-5-6-10)9-8-16-13(18)11-4-3-7-15-12(11)14/h3-4,7,10H,2,5-6,8-9H2,1H3,(H,16,18). The summed E-state index contributed by atoms with van der Waals surface area (Å²) in [6.07, 6.45) is 4.15. The first-order chi connectivity index (χ1) is 8.72. The third kappa shape index (κ3) is 3.43. The SMILES string of the molecule is CCN(CCNC(=O)c1cccnc1Cl)C1CC1. The summed E-state index contributed by atoms with van der Waals surface area (Å²) in [6, 6.07) is 4.13. The first kappa shape index (κ1) is 13.3. The van der Waals surface area contributed by atoms with Gasteiger partial charge in [-0.1, -0.05) is 18.5 Å². The Morgan fingerprint density at radius 1 is 1.61 bits per heavy atom. The third-order valence-corrected chi connectivity index (χ3v) is 3.46. The summed E-state index contributed by atoms with van der Waals surface area (Å²) < 4.78 is 0. The molecule has 2 rings (SSSR count). The Kier molecular flexibility index (Phi) is 4.55. The van der Waals surface area contributed by atoms with Gasteiger partial charge in [0.1, 0.15) is 5.15 Å². The van der Waals surface area contributed by atoms with Crippen molar-refractivity contribution in [1.29, 1.82) is 0 Å². The molecule has 1 aliphatic rings. The lowest BCUT2D eigenvalue weighted by atomic mass is 10.2. The second-order valence-corrected chi connectivity index (χ2v) is 4.82. The lowest BCUT2D eigenvalue weighted by molar-refractivity contribution is 0.0948. The molecular weight excluding hydrogens is 250 g/mol. The van der Waals surface area contributed by atoms with Crippen LogP contribution in [-0.4, -0.2) is 41.5 Å². The molecule has 0 spiro atoms. The molecule has 1 heterocycles. The zero-order valence-electron chi connectivity index (χ0n) is 10.5. The normalized spacial score (nSPS) is 14.8. The first-order valence-corrected chi connectivity index (χ1v) is 6.73. The van der Waals surface area contributed by atoms with E-state index in [4.69, 9.17) is 11.6 Å². The number of nitrogens with one attached hydrogen (secondary N) is 1. The number of carbonyl (C=O) groups is 1. The summed E-state index contributed by atoms with van der Waals surface area (Å²) >= 11 is 5.87. The minimum Gasteiger partial charge on any atom is -0.351 e. The van der Waals surface area contributed by atoms with Crippen LogP contribution in [0.2, 0.25) is 5.15 Å². The second kappa shape index (κ2) is 6.16. The number of hydrogen-bond acceptors (Lipinski definition) is 3. The zero-order valence-corrected chi connectivity index (χ0v) is 11.3. The summed E-state index contributed by atoms with van der Waals surface area (Å²) in [5.74, 6) is -0.153. The minimum atomic E-state index is -0.153. The summed E-state index contributed by atoms with van der Waals surface area (Å²) in [6.45, 7) is 4.73. The van der Waals surface area contributed by atoms with Crippen molar-refractivity contribution in [3.63, 3.8) is 0 Å². The van der Waals surface area contributed by atoms with Crippen LogP contribution in [0.5, 0.6) is 0 Å². The number of halogens is 1. The van der Waals surface area contributed by atoms with Crippen molar-refractivity contribution in [3.05, 3.63) is 29.0 Å². The Hall–Kier alpha value is -1.13. The van der Waals surface area contributed by atoms with Crippen molar-refractivity contribution in [2.75, 3.05) is 19.6 Å². The van der Waals surface area contributed by atoms with Crippen LogP contribution in [0, 0.1) is 0 Å². The van der Waals surface area contributed by atoms with Crippen LogP contribution in [0.1, 0.15) is 30.1 Å². The Morgan fingerprint density at radius 2 is 2.39 bits per heavy atom. The van der Waals surface area contributed by atoms with Gasteiger partial charge in [0, 0.05) is 25.3 Å². The van der Waals surface area contributed by atoms with Crippen LogP contribution in [-0.2, 0) is 0 Å². The molecule has 0 radical (unpaired) electrons. The fourth-order valence-electron chi connectivity index (χ4n) is 2.00. The smallest absolute Gasteiger partial charge is 0.254 e. The van der Waals surface area contributed by atoms with Crippen molar-refractivity contribution >= 4 is 17.5 Å². The van der Waals surface area contributed by atoms with Crippen molar-refractivity contribution in [2.45, 2.75) is 25.8 Å². The third-order valence-electron chi connectivity index (χ3n) is 3.16. The van der Waals surface area contributed by atoms with Gasteiger partial charge >= 0.3 is 0 Å². The predicted octanol–water partition coefficient (Wildman–Crippen LogP) is 1.95. The van der Waals surface area contributed by atoms with E-state index < -0.39 is 0 Å². The molecule has 1 fully saturated rings. The van der Waals surface area contributed by atoms with Crippen LogP contribution >= 0.6 is 11.6 Å². The van der Waals surface area contributed by atoms with Crippen molar-refractivity contribution < 1.29 is 4.79 Å². The quantitative estimate of drug-likeness (QED) is 0.802. The number of hydrogen-bond donors (Lipinski definition) is 1. The molecule has 4 nitrogen and oxygen atoms in total. The molecule has 5 heteroatoms. The van der Waals surface area contributed by atoms with Gasteiger partial charge in [-0.3, -0.25) is 9.69 Å². The van der Waals surface area contributed by atoms with E-state index in [2.05, 4.69) is 22.1 Å². The average Bonchev–Trinajstić information content (AvgIpc) is 3.19. The molecule has 0 aromatic carbocycles. The van der Waals surface area contributed by atoms with Crippen molar-refractivity contribution in [1.82, 2.24) is 15.2 Å². The molecule has 1 saturated carbocycles. The molecule has 1 N–H and O–H groups in total. The molecule has 1 aromatic rings. The molecule has 18 heavy (non-hydrogen) atoms. The second-order valence-electron chi connectivity index (χ2n) is 4.46. The number of amides is 1. The van der Waals surface area contributed by atoms with Gasteiger partial charge in [0.2, 0.25) is 0 Å². The maximum absolute atomic E-state index is 11.9. The van der Waals surface area contributed by atoms with Gasteiger partial charge in [-0.25, -0.2) is 4.98 Å². The van der Waals surface area contributed by atoms with Gasteiger partial charge in [0.25, 0.3) is 5.91 Å². The lowest BCUT2D eigenvalue weighted by Gasteiger charge is -2.19. The summed E-state index contributed by atoms with van der Waals surface area (Å²) in [4.78, 5) is 18.2. The van der Waals surface area contributed by atoms with E-state index >= 15 is 0 Å². The molecule has 1 amide bonds. The van der Waals surface area contributed by atoms with Gasteiger partial charge in [-0.2, -0.15) is 0 Å². The highest BCUT2D eigenvalue weighted by Crippen LogP contribution is 2.25. The number of nitrogens with zero attached hydrogens (tertiary/aromatic N) is 2. The fourth-order valence-corrected chi connectivity index (χ4v) is 2.21. The topological polar surface area (TPSA) is 45.2 Å². The van der Waals surface area contributed by atoms with Gasteiger partial charge in [0.05, 0.1) is 5.56 Å².